The summed E-state index contributed by atoms with van der Waals surface area (Å²) in [6.45, 7) is 4.40. The zero-order valence-corrected chi connectivity index (χ0v) is 21.0. The van der Waals surface area contributed by atoms with Crippen molar-refractivity contribution in [2.75, 3.05) is 10.6 Å². The van der Waals surface area contributed by atoms with Crippen molar-refractivity contribution in [3.8, 4) is 11.4 Å². The lowest BCUT2D eigenvalue weighted by Gasteiger charge is -2.57. The van der Waals surface area contributed by atoms with Crippen molar-refractivity contribution >= 4 is 34.4 Å². The molecular weight excluding hydrogens is 474 g/mol. The number of benzene rings is 2. The van der Waals surface area contributed by atoms with Crippen LogP contribution in [0.25, 0.3) is 22.4 Å². The smallest absolute Gasteiger partial charge is 0.256 e. The number of hydrogen-bond donors (Lipinski definition) is 3. The number of carbonyl (C=O) groups excluding carboxylic acids is 2. The number of nitrogens with zero attached hydrogens (tertiary/aromatic N) is 2. The van der Waals surface area contributed by atoms with Crippen LogP contribution in [-0.4, -0.2) is 26.8 Å². The van der Waals surface area contributed by atoms with Crippen LogP contribution < -0.4 is 10.6 Å². The van der Waals surface area contributed by atoms with Crippen molar-refractivity contribution in [3.05, 3.63) is 84.6 Å². The normalized spacial score (nSPS) is 25.5. The maximum absolute atomic E-state index is 13.5. The molecule has 2 amide bonds. The van der Waals surface area contributed by atoms with Crippen molar-refractivity contribution in [2.24, 2.45) is 23.2 Å². The van der Waals surface area contributed by atoms with E-state index in [-0.39, 0.29) is 11.8 Å². The average Bonchev–Trinajstić information content (AvgIpc) is 3.35. The molecule has 4 aromatic rings. The highest BCUT2D eigenvalue weighted by atomic mass is 16.2. The first-order valence-corrected chi connectivity index (χ1v) is 13.3. The molecule has 2 aromatic heterocycles. The predicted octanol–water partition coefficient (Wildman–Crippen LogP) is 6.20. The van der Waals surface area contributed by atoms with Crippen LogP contribution in [0.3, 0.4) is 0 Å². The molecule has 4 bridgehead atoms. The Labute approximate surface area is 220 Å². The SMILES string of the molecule is C=C1C2CC3CC(C2)CC1(C(=O)Nc1ccc(-c2nc4ccc(C(=O)Nc5ccccn5)cc4[nH]2)cc1)C3. The van der Waals surface area contributed by atoms with E-state index in [4.69, 9.17) is 4.98 Å². The molecule has 2 atom stereocenters. The van der Waals surface area contributed by atoms with Gasteiger partial charge in [-0.2, -0.15) is 0 Å². The number of fused-ring (bicyclic) bond motifs is 1. The van der Waals surface area contributed by atoms with E-state index >= 15 is 0 Å². The standard InChI is InChI=1S/C31H29N5O2/c1-18-23-13-19-12-20(14-23)17-31(18,16-19)30(38)33-24-8-5-21(6-9-24)28-34-25-10-7-22(15-26(25)35-28)29(37)36-27-4-2-3-11-32-27/h2-11,15,19-20,23H,1,12-14,16-17H2,(H,33,38)(H,34,35)(H,32,36,37). The number of hydrogen-bond acceptors (Lipinski definition) is 4. The van der Waals surface area contributed by atoms with E-state index in [1.807, 2.05) is 36.4 Å². The number of pyridine rings is 1. The fourth-order valence-electron chi connectivity index (χ4n) is 7.11. The Morgan fingerprint density at radius 3 is 2.47 bits per heavy atom. The number of nitrogens with one attached hydrogen (secondary N) is 3. The van der Waals surface area contributed by atoms with Crippen molar-refractivity contribution in [1.82, 2.24) is 15.0 Å². The van der Waals surface area contributed by atoms with Gasteiger partial charge in [0, 0.05) is 23.0 Å². The van der Waals surface area contributed by atoms with Crippen molar-refractivity contribution in [3.63, 3.8) is 0 Å². The summed E-state index contributed by atoms with van der Waals surface area (Å²) in [5, 5.41) is 6.00. The van der Waals surface area contributed by atoms with E-state index in [0.717, 1.165) is 40.7 Å². The van der Waals surface area contributed by atoms with Crippen LogP contribution in [0.5, 0.6) is 0 Å². The highest BCUT2D eigenvalue weighted by Gasteiger charge is 2.56. The molecule has 7 nitrogen and oxygen atoms in total. The van der Waals surface area contributed by atoms with E-state index < -0.39 is 5.41 Å². The van der Waals surface area contributed by atoms with Crippen molar-refractivity contribution in [2.45, 2.75) is 32.1 Å². The third-order valence-corrected chi connectivity index (χ3v) is 8.79. The highest BCUT2D eigenvalue weighted by Crippen LogP contribution is 2.62. The third-order valence-electron chi connectivity index (χ3n) is 8.79. The molecule has 0 spiro atoms. The van der Waals surface area contributed by atoms with E-state index in [2.05, 4.69) is 27.2 Å². The minimum atomic E-state index is -0.396. The van der Waals surface area contributed by atoms with Gasteiger partial charge in [-0.1, -0.05) is 18.2 Å². The van der Waals surface area contributed by atoms with E-state index in [1.165, 1.54) is 19.3 Å². The molecule has 0 aliphatic heterocycles. The topological polar surface area (TPSA) is 99.8 Å². The zero-order valence-electron chi connectivity index (χ0n) is 21.0. The van der Waals surface area contributed by atoms with Gasteiger partial charge in [-0.15, -0.1) is 0 Å². The summed E-state index contributed by atoms with van der Waals surface area (Å²) in [4.78, 5) is 38.3. The Morgan fingerprint density at radius 1 is 0.947 bits per heavy atom. The van der Waals surface area contributed by atoms with Crippen LogP contribution in [0.1, 0.15) is 42.5 Å². The molecule has 38 heavy (non-hydrogen) atoms. The molecule has 0 saturated heterocycles. The van der Waals surface area contributed by atoms with Gasteiger partial charge in [0.1, 0.15) is 11.6 Å². The fourth-order valence-corrected chi connectivity index (χ4v) is 7.11. The van der Waals surface area contributed by atoms with Crippen LogP contribution in [0.4, 0.5) is 11.5 Å². The fraction of sp³-hybridized carbons (Fsp3) is 0.290. The molecule has 0 radical (unpaired) electrons. The molecule has 4 saturated carbocycles. The van der Waals surface area contributed by atoms with Gasteiger partial charge in [-0.25, -0.2) is 9.97 Å². The lowest BCUT2D eigenvalue weighted by molar-refractivity contribution is -0.132. The molecule has 4 fully saturated rings. The Balaban J connectivity index is 1.07. The second-order valence-corrected chi connectivity index (χ2v) is 11.2. The van der Waals surface area contributed by atoms with Crippen LogP contribution in [0.2, 0.25) is 0 Å². The quantitative estimate of drug-likeness (QED) is 0.282. The first kappa shape index (κ1) is 22.9. The van der Waals surface area contributed by atoms with Crippen molar-refractivity contribution in [1.29, 1.82) is 0 Å². The monoisotopic (exact) mass is 503 g/mol. The van der Waals surface area contributed by atoms with E-state index in [0.29, 0.717) is 35.0 Å². The van der Waals surface area contributed by atoms with Gasteiger partial charge in [-0.3, -0.25) is 9.59 Å². The minimum Gasteiger partial charge on any atom is -0.338 e. The third kappa shape index (κ3) is 3.81. The van der Waals surface area contributed by atoms with Crippen LogP contribution in [-0.2, 0) is 4.79 Å². The number of carbonyl (C=O) groups is 2. The van der Waals surface area contributed by atoms with Gasteiger partial charge in [-0.05, 0) is 104 Å². The number of rotatable bonds is 5. The molecule has 190 valence electrons. The molecule has 8 rings (SSSR count). The predicted molar refractivity (Wildman–Crippen MR) is 147 cm³/mol. The van der Waals surface area contributed by atoms with Gasteiger partial charge >= 0.3 is 0 Å². The van der Waals surface area contributed by atoms with Gasteiger partial charge in [0.15, 0.2) is 0 Å². The van der Waals surface area contributed by atoms with Crippen molar-refractivity contribution < 1.29 is 9.59 Å². The Bertz CT molecular complexity index is 1560. The molecule has 4 aliphatic rings. The summed E-state index contributed by atoms with van der Waals surface area (Å²) in [7, 11) is 0. The first-order valence-electron chi connectivity index (χ1n) is 13.3. The Morgan fingerprint density at radius 2 is 1.74 bits per heavy atom. The average molecular weight is 504 g/mol. The summed E-state index contributed by atoms with van der Waals surface area (Å²) in [5.41, 5.74) is 4.51. The summed E-state index contributed by atoms with van der Waals surface area (Å²) >= 11 is 0. The number of anilines is 2. The largest absolute Gasteiger partial charge is 0.338 e. The minimum absolute atomic E-state index is 0.106. The van der Waals surface area contributed by atoms with Crippen LogP contribution in [0, 0.1) is 23.2 Å². The van der Waals surface area contributed by atoms with Gasteiger partial charge in [0.05, 0.1) is 16.4 Å². The molecule has 2 aromatic carbocycles. The maximum atomic E-state index is 13.5. The molecule has 4 aliphatic carbocycles. The summed E-state index contributed by atoms with van der Waals surface area (Å²) in [5.74, 6) is 2.93. The van der Waals surface area contributed by atoms with E-state index in [1.54, 1.807) is 30.5 Å². The molecule has 2 unspecified atom stereocenters. The lowest BCUT2D eigenvalue weighted by Crippen LogP contribution is -2.53. The first-order chi connectivity index (χ1) is 18.5. The molecule has 7 heteroatoms. The number of amides is 2. The molecule has 3 N–H and O–H groups in total. The van der Waals surface area contributed by atoms with Gasteiger partial charge < -0.3 is 15.6 Å². The lowest BCUT2D eigenvalue weighted by atomic mass is 9.47. The maximum Gasteiger partial charge on any atom is 0.256 e. The Hall–Kier alpha value is -4.26. The summed E-state index contributed by atoms with van der Waals surface area (Å²) in [6, 6.07) is 18.5. The molecular formula is C31H29N5O2. The Kier molecular flexibility index (Phi) is 5.21. The number of aromatic amines is 1. The highest BCUT2D eigenvalue weighted by molar-refractivity contribution is 6.05. The summed E-state index contributed by atoms with van der Waals surface area (Å²) in [6.07, 6.45) is 7.24. The van der Waals surface area contributed by atoms with Crippen LogP contribution >= 0.6 is 0 Å². The number of H-pyrrole nitrogens is 1. The second kappa shape index (κ2) is 8.65. The van der Waals surface area contributed by atoms with Gasteiger partial charge in [0.25, 0.3) is 5.91 Å². The number of imidazole rings is 1. The number of aromatic nitrogens is 3. The van der Waals surface area contributed by atoms with Gasteiger partial charge in [0.2, 0.25) is 5.91 Å². The second-order valence-electron chi connectivity index (χ2n) is 11.2. The van der Waals surface area contributed by atoms with E-state index in [9.17, 15) is 9.59 Å². The summed E-state index contributed by atoms with van der Waals surface area (Å²) < 4.78 is 0. The molecule has 2 heterocycles. The van der Waals surface area contributed by atoms with Crippen LogP contribution in [0.15, 0.2) is 79.0 Å². The zero-order chi connectivity index (χ0) is 25.9.